The van der Waals surface area contributed by atoms with Gasteiger partial charge in [-0.2, -0.15) is 0 Å². The van der Waals surface area contributed by atoms with Gasteiger partial charge < -0.3 is 5.11 Å². The molecule has 2 nitrogen and oxygen atoms in total. The molecule has 1 saturated carbocycles. The van der Waals surface area contributed by atoms with E-state index < -0.39 is 5.60 Å². The fraction of sp³-hybridized carbons (Fsp3) is 0.667. The van der Waals surface area contributed by atoms with Crippen LogP contribution in [-0.4, -0.2) is 16.5 Å². The summed E-state index contributed by atoms with van der Waals surface area (Å²) in [5.74, 6) is 2.08. The van der Waals surface area contributed by atoms with Crippen LogP contribution in [0, 0.1) is 12.3 Å². The van der Waals surface area contributed by atoms with Crippen molar-refractivity contribution in [2.45, 2.75) is 37.7 Å². The minimum Gasteiger partial charge on any atom is -0.382 e. The molecule has 0 saturated heterocycles. The van der Waals surface area contributed by atoms with Crippen LogP contribution in [0.4, 0.5) is 0 Å². The quantitative estimate of drug-likeness (QED) is 0.596. The van der Waals surface area contributed by atoms with Crippen molar-refractivity contribution in [3.05, 3.63) is 0 Å². The van der Waals surface area contributed by atoms with Gasteiger partial charge in [-0.1, -0.05) is 5.92 Å². The van der Waals surface area contributed by atoms with Crippen molar-refractivity contribution in [1.82, 2.24) is 0 Å². The van der Waals surface area contributed by atoms with Crippen LogP contribution >= 0.6 is 0 Å². The molecule has 0 radical (unpaired) electrons. The van der Waals surface area contributed by atoms with Gasteiger partial charge in [-0.15, -0.1) is 6.42 Å². The highest BCUT2D eigenvalue weighted by Gasteiger charge is 2.37. The largest absolute Gasteiger partial charge is 0.382 e. The number of hydrogen-bond donors (Lipinski definition) is 1. The van der Waals surface area contributed by atoms with Gasteiger partial charge in [-0.05, 0) is 25.7 Å². The van der Waals surface area contributed by atoms with Crippen molar-refractivity contribution in [3.8, 4) is 12.3 Å². The first-order valence-electron chi connectivity index (χ1n) is 3.88. The third-order valence-electron chi connectivity index (χ3n) is 2.21. The van der Waals surface area contributed by atoms with Crippen LogP contribution < -0.4 is 0 Å². The standard InChI is InChI=1S/C9H12O2/c1-2-5-8(10)9(11)6-3-4-7-9/h1,11H,3-7H2. The molecule has 0 spiro atoms. The van der Waals surface area contributed by atoms with Crippen molar-refractivity contribution in [3.63, 3.8) is 0 Å². The van der Waals surface area contributed by atoms with Crippen molar-refractivity contribution >= 4 is 5.78 Å². The van der Waals surface area contributed by atoms with E-state index in [1.807, 2.05) is 0 Å². The fourth-order valence-electron chi connectivity index (χ4n) is 1.50. The minimum atomic E-state index is -1.08. The topological polar surface area (TPSA) is 37.3 Å². The predicted molar refractivity (Wildman–Crippen MR) is 41.9 cm³/mol. The number of carbonyl (C=O) groups excluding carboxylic acids is 1. The molecule has 0 atom stereocenters. The van der Waals surface area contributed by atoms with Gasteiger partial charge >= 0.3 is 0 Å². The molecule has 1 fully saturated rings. The number of ketones is 1. The highest BCUT2D eigenvalue weighted by Crippen LogP contribution is 2.30. The Bertz CT molecular complexity index is 194. The lowest BCUT2D eigenvalue weighted by molar-refractivity contribution is -0.135. The molecule has 0 amide bonds. The maximum atomic E-state index is 11.2. The van der Waals surface area contributed by atoms with E-state index >= 15 is 0 Å². The van der Waals surface area contributed by atoms with E-state index in [2.05, 4.69) is 5.92 Å². The van der Waals surface area contributed by atoms with Gasteiger partial charge in [0.05, 0.1) is 6.42 Å². The first kappa shape index (κ1) is 8.29. The summed E-state index contributed by atoms with van der Waals surface area (Å²) in [6, 6.07) is 0. The van der Waals surface area contributed by atoms with Crippen LogP contribution in [0.15, 0.2) is 0 Å². The van der Waals surface area contributed by atoms with E-state index in [4.69, 9.17) is 6.42 Å². The highest BCUT2D eigenvalue weighted by molar-refractivity contribution is 5.89. The number of carbonyl (C=O) groups is 1. The number of Topliss-reactive ketones (excluding diaryl/α,β-unsaturated/α-hetero) is 1. The Hall–Kier alpha value is -0.810. The zero-order chi connectivity index (χ0) is 8.32. The molecule has 0 aliphatic heterocycles. The Labute approximate surface area is 66.6 Å². The number of hydrogen-bond acceptors (Lipinski definition) is 2. The summed E-state index contributed by atoms with van der Waals surface area (Å²) in [7, 11) is 0. The Balaban J connectivity index is 2.58. The van der Waals surface area contributed by atoms with Crippen LogP contribution in [0.25, 0.3) is 0 Å². The molecule has 0 bridgehead atoms. The monoisotopic (exact) mass is 152 g/mol. The molecular formula is C9H12O2. The molecular weight excluding hydrogens is 140 g/mol. The first-order valence-corrected chi connectivity index (χ1v) is 3.88. The second-order valence-electron chi connectivity index (χ2n) is 3.04. The van der Waals surface area contributed by atoms with E-state index in [-0.39, 0.29) is 12.2 Å². The molecule has 0 unspecified atom stereocenters. The van der Waals surface area contributed by atoms with Gasteiger partial charge in [-0.3, -0.25) is 4.79 Å². The average Bonchev–Trinajstić information content (AvgIpc) is 2.38. The van der Waals surface area contributed by atoms with Crippen LogP contribution in [0.5, 0.6) is 0 Å². The van der Waals surface area contributed by atoms with Crippen molar-refractivity contribution in [1.29, 1.82) is 0 Å². The van der Waals surface area contributed by atoms with Crippen molar-refractivity contribution < 1.29 is 9.90 Å². The van der Waals surface area contributed by atoms with E-state index in [0.717, 1.165) is 12.8 Å². The van der Waals surface area contributed by atoms with Gasteiger partial charge in [-0.25, -0.2) is 0 Å². The van der Waals surface area contributed by atoms with Gasteiger partial charge in [0.15, 0.2) is 5.78 Å². The summed E-state index contributed by atoms with van der Waals surface area (Å²) in [6.45, 7) is 0. The second-order valence-corrected chi connectivity index (χ2v) is 3.04. The molecule has 0 aromatic carbocycles. The summed E-state index contributed by atoms with van der Waals surface area (Å²) >= 11 is 0. The zero-order valence-corrected chi connectivity index (χ0v) is 6.47. The number of terminal acetylenes is 1. The predicted octanol–water partition coefficient (Wildman–Crippen LogP) is 0.884. The second kappa shape index (κ2) is 3.06. The lowest BCUT2D eigenvalue weighted by atomic mass is 9.95. The molecule has 60 valence electrons. The molecule has 11 heavy (non-hydrogen) atoms. The number of aliphatic hydroxyl groups is 1. The molecule has 1 aliphatic rings. The van der Waals surface area contributed by atoms with Gasteiger partial charge in [0.25, 0.3) is 0 Å². The summed E-state index contributed by atoms with van der Waals surface area (Å²) in [5.41, 5.74) is -1.08. The van der Waals surface area contributed by atoms with E-state index in [9.17, 15) is 9.90 Å². The molecule has 2 heteroatoms. The Kier molecular flexibility index (Phi) is 2.31. The van der Waals surface area contributed by atoms with Crippen LogP contribution in [-0.2, 0) is 4.79 Å². The Morgan fingerprint density at radius 1 is 1.55 bits per heavy atom. The van der Waals surface area contributed by atoms with Crippen molar-refractivity contribution in [2.24, 2.45) is 0 Å². The van der Waals surface area contributed by atoms with Gasteiger partial charge in [0, 0.05) is 0 Å². The molecule has 1 rings (SSSR count). The molecule has 0 heterocycles. The third-order valence-corrected chi connectivity index (χ3v) is 2.21. The van der Waals surface area contributed by atoms with E-state index in [0.29, 0.717) is 12.8 Å². The molecule has 1 aliphatic carbocycles. The summed E-state index contributed by atoms with van der Waals surface area (Å²) < 4.78 is 0. The van der Waals surface area contributed by atoms with Crippen LogP contribution in [0.1, 0.15) is 32.1 Å². The number of rotatable bonds is 2. The lowest BCUT2D eigenvalue weighted by Gasteiger charge is -2.18. The average molecular weight is 152 g/mol. The van der Waals surface area contributed by atoms with Gasteiger partial charge in [0.1, 0.15) is 5.60 Å². The lowest BCUT2D eigenvalue weighted by Crippen LogP contribution is -2.34. The van der Waals surface area contributed by atoms with Crippen molar-refractivity contribution in [2.75, 3.05) is 0 Å². The Morgan fingerprint density at radius 2 is 2.09 bits per heavy atom. The van der Waals surface area contributed by atoms with E-state index in [1.54, 1.807) is 0 Å². The molecule has 0 aromatic rings. The van der Waals surface area contributed by atoms with E-state index in [1.165, 1.54) is 0 Å². The first-order chi connectivity index (χ1) is 5.19. The Morgan fingerprint density at radius 3 is 2.55 bits per heavy atom. The van der Waals surface area contributed by atoms with Gasteiger partial charge in [0.2, 0.25) is 0 Å². The highest BCUT2D eigenvalue weighted by atomic mass is 16.3. The fourth-order valence-corrected chi connectivity index (χ4v) is 1.50. The summed E-state index contributed by atoms with van der Waals surface area (Å²) in [6.07, 6.45) is 8.10. The zero-order valence-electron chi connectivity index (χ0n) is 6.47. The molecule has 1 N–H and O–H groups in total. The maximum absolute atomic E-state index is 11.2. The smallest absolute Gasteiger partial charge is 0.176 e. The minimum absolute atomic E-state index is 0.0660. The SMILES string of the molecule is C#CCC(=O)C1(O)CCCC1. The van der Waals surface area contributed by atoms with Crippen LogP contribution in [0.3, 0.4) is 0 Å². The maximum Gasteiger partial charge on any atom is 0.176 e. The normalized spacial score (nSPS) is 21.1. The third kappa shape index (κ3) is 1.61. The van der Waals surface area contributed by atoms with Crippen LogP contribution in [0.2, 0.25) is 0 Å². The molecule has 0 aromatic heterocycles. The summed E-state index contributed by atoms with van der Waals surface area (Å²) in [5, 5.41) is 9.65. The summed E-state index contributed by atoms with van der Waals surface area (Å²) in [4.78, 5) is 11.2.